The van der Waals surface area contributed by atoms with E-state index in [0.29, 0.717) is 10.8 Å². The topological polar surface area (TPSA) is 131 Å². The number of hydrogen-bond donors (Lipinski definition) is 2. The van der Waals surface area contributed by atoms with E-state index in [4.69, 9.17) is 29.8 Å². The first-order chi connectivity index (χ1) is 16.2. The maximum atomic E-state index is 14.7. The molecule has 0 bridgehead atoms. The fourth-order valence-electron chi connectivity index (χ4n) is 3.78. The van der Waals surface area contributed by atoms with Crippen LogP contribution in [-0.4, -0.2) is 24.0 Å². The number of nitrogens with two attached hydrogens (primary N) is 2. The molecule has 4 atom stereocenters. The van der Waals surface area contributed by atoms with Crippen LogP contribution in [0.2, 0.25) is 0 Å². The van der Waals surface area contributed by atoms with Gasteiger partial charge in [-0.15, -0.1) is 0 Å². The molecular weight excluding hydrogens is 450 g/mol. The van der Waals surface area contributed by atoms with Crippen molar-refractivity contribution in [1.29, 1.82) is 0 Å². The van der Waals surface area contributed by atoms with Gasteiger partial charge in [-0.3, -0.25) is 0 Å². The Balaban J connectivity index is 1.61. The zero-order valence-corrected chi connectivity index (χ0v) is 18.3. The van der Waals surface area contributed by atoms with Crippen molar-refractivity contribution in [2.75, 3.05) is 0 Å². The van der Waals surface area contributed by atoms with Crippen molar-refractivity contribution in [3.05, 3.63) is 71.7 Å². The number of ether oxygens (including phenoxy) is 2. The largest absolute Gasteiger partial charge is 0.464 e. The van der Waals surface area contributed by atoms with Crippen molar-refractivity contribution in [1.82, 2.24) is 0 Å². The lowest BCUT2D eigenvalue weighted by Crippen LogP contribution is -2.35. The maximum absolute atomic E-state index is 14.7. The highest BCUT2D eigenvalue weighted by Crippen LogP contribution is 2.34. The van der Waals surface area contributed by atoms with E-state index in [1.54, 1.807) is 12.1 Å². The van der Waals surface area contributed by atoms with Crippen molar-refractivity contribution in [3.63, 3.8) is 0 Å². The Hall–Kier alpha value is -3.76. The Morgan fingerprint density at radius 2 is 1.12 bits per heavy atom. The molecular formula is C24H22F2N2O6. The molecule has 0 amide bonds. The number of furan rings is 2. The average molecular weight is 472 g/mol. The lowest BCUT2D eigenvalue weighted by molar-refractivity contribution is -0.175. The summed E-state index contributed by atoms with van der Waals surface area (Å²) < 4.78 is 50.5. The Morgan fingerprint density at radius 3 is 1.47 bits per heavy atom. The molecule has 2 heterocycles. The molecule has 0 spiro atoms. The predicted octanol–water partition coefficient (Wildman–Crippen LogP) is 4.02. The van der Waals surface area contributed by atoms with Gasteiger partial charge < -0.3 is 29.8 Å². The highest BCUT2D eigenvalue weighted by molar-refractivity contribution is 6.29. The van der Waals surface area contributed by atoms with Gasteiger partial charge in [-0.2, -0.15) is 0 Å². The molecule has 0 saturated carbocycles. The number of fused-ring (bicyclic) bond motifs is 2. The second kappa shape index (κ2) is 9.24. The fraction of sp³-hybridized carbons (Fsp3) is 0.250. The maximum Gasteiger partial charge on any atom is 0.418 e. The third kappa shape index (κ3) is 4.25. The van der Waals surface area contributed by atoms with Crippen LogP contribution in [0.3, 0.4) is 0 Å². The molecule has 4 rings (SSSR count). The molecule has 4 N–H and O–H groups in total. The lowest BCUT2D eigenvalue weighted by Gasteiger charge is -2.24. The number of carbonyl (C=O) groups is 2. The molecule has 4 unspecified atom stereocenters. The molecule has 2 aromatic carbocycles. The van der Waals surface area contributed by atoms with Gasteiger partial charge in [0.05, 0.1) is 23.7 Å². The van der Waals surface area contributed by atoms with Crippen molar-refractivity contribution in [2.45, 2.75) is 38.1 Å². The van der Waals surface area contributed by atoms with Crippen molar-refractivity contribution >= 4 is 33.9 Å². The van der Waals surface area contributed by atoms with Crippen LogP contribution < -0.4 is 11.5 Å². The highest BCUT2D eigenvalue weighted by atomic mass is 19.1. The summed E-state index contributed by atoms with van der Waals surface area (Å²) in [5.41, 5.74) is 11.9. The molecule has 0 aliphatic rings. The molecule has 0 radical (unpaired) electrons. The van der Waals surface area contributed by atoms with Gasteiger partial charge in [-0.05, 0) is 50.2 Å². The summed E-state index contributed by atoms with van der Waals surface area (Å²) in [6.07, 6.45) is -0.0412. The molecule has 0 aliphatic carbocycles. The number of hydrogen-bond acceptors (Lipinski definition) is 8. The van der Waals surface area contributed by atoms with Gasteiger partial charge in [-0.1, -0.05) is 0 Å². The highest BCUT2D eigenvalue weighted by Gasteiger charge is 2.34. The summed E-state index contributed by atoms with van der Waals surface area (Å²) in [5, 5.41) is 1.11. The third-order valence-electron chi connectivity index (χ3n) is 5.37. The monoisotopic (exact) mass is 472 g/mol. The number of carbonyl (C=O) groups excluding carboxylic acids is 2. The zero-order valence-electron chi connectivity index (χ0n) is 18.3. The first-order valence-electron chi connectivity index (χ1n) is 10.4. The van der Waals surface area contributed by atoms with Gasteiger partial charge in [0, 0.05) is 22.9 Å². The van der Waals surface area contributed by atoms with E-state index in [-0.39, 0.29) is 22.3 Å². The van der Waals surface area contributed by atoms with Crippen molar-refractivity contribution < 1.29 is 36.7 Å². The minimum atomic E-state index is -1.46. The fourth-order valence-corrected chi connectivity index (χ4v) is 3.78. The van der Waals surface area contributed by atoms with Gasteiger partial charge in [0.1, 0.15) is 35.0 Å². The number of benzene rings is 2. The first kappa shape index (κ1) is 23.4. The minimum Gasteiger partial charge on any atom is -0.464 e. The molecule has 4 aromatic rings. The van der Waals surface area contributed by atoms with E-state index in [9.17, 15) is 18.4 Å². The van der Waals surface area contributed by atoms with E-state index >= 15 is 0 Å². The Kier molecular flexibility index (Phi) is 6.36. The number of rotatable bonds is 6. The summed E-state index contributed by atoms with van der Waals surface area (Å²) in [4.78, 5) is 25.3. The van der Waals surface area contributed by atoms with Crippen molar-refractivity contribution in [3.8, 4) is 0 Å². The van der Waals surface area contributed by atoms with Crippen LogP contribution in [0, 0.1) is 11.6 Å². The number of esters is 2. The molecule has 2 aromatic heterocycles. The normalized spacial score (nSPS) is 15.1. The molecule has 34 heavy (non-hydrogen) atoms. The van der Waals surface area contributed by atoms with Gasteiger partial charge in [0.15, 0.2) is 0 Å². The summed E-state index contributed by atoms with van der Waals surface area (Å²) in [6.45, 7) is 2.95. The summed E-state index contributed by atoms with van der Waals surface area (Å²) in [5.74, 6) is -4.37. The van der Waals surface area contributed by atoms with Crippen LogP contribution in [-0.2, 0) is 19.1 Å². The van der Waals surface area contributed by atoms with Crippen LogP contribution in [0.4, 0.5) is 8.78 Å². The molecule has 0 fully saturated rings. The Morgan fingerprint density at radius 1 is 0.735 bits per heavy atom. The average Bonchev–Trinajstić information content (AvgIpc) is 3.45. The van der Waals surface area contributed by atoms with Gasteiger partial charge in [0.2, 0.25) is 0 Å². The molecule has 178 valence electrons. The van der Waals surface area contributed by atoms with Crippen LogP contribution >= 0.6 is 0 Å². The van der Waals surface area contributed by atoms with E-state index < -0.39 is 47.9 Å². The summed E-state index contributed by atoms with van der Waals surface area (Å²) >= 11 is 0. The van der Waals surface area contributed by atoms with Gasteiger partial charge >= 0.3 is 11.9 Å². The van der Waals surface area contributed by atoms with E-state index in [2.05, 4.69) is 0 Å². The predicted molar refractivity (Wildman–Crippen MR) is 117 cm³/mol. The second-order valence-corrected chi connectivity index (χ2v) is 7.97. The molecule has 0 aliphatic heterocycles. The summed E-state index contributed by atoms with van der Waals surface area (Å²) in [6, 6.07) is 6.70. The quantitative estimate of drug-likeness (QED) is 0.318. The van der Waals surface area contributed by atoms with Gasteiger partial charge in [0.25, 0.3) is 0 Å². The van der Waals surface area contributed by atoms with E-state index in [0.717, 1.165) is 0 Å². The van der Waals surface area contributed by atoms with Crippen molar-refractivity contribution in [2.24, 2.45) is 11.5 Å². The Labute approximate surface area is 192 Å². The third-order valence-corrected chi connectivity index (χ3v) is 5.37. The summed E-state index contributed by atoms with van der Waals surface area (Å²) in [7, 11) is 0. The Bertz CT molecular complexity index is 1260. The number of halogens is 2. The second-order valence-electron chi connectivity index (χ2n) is 7.97. The smallest absolute Gasteiger partial charge is 0.418 e. The van der Waals surface area contributed by atoms with E-state index in [1.807, 2.05) is 0 Å². The SMILES string of the molecule is CC(N)C(OC(=O)C(=O)OC(c1c(F)ccc2ccoc12)C(C)N)c1c(F)ccc2ccoc12. The van der Waals surface area contributed by atoms with Crippen LogP contribution in [0.1, 0.15) is 37.2 Å². The van der Waals surface area contributed by atoms with Crippen LogP contribution in [0.5, 0.6) is 0 Å². The van der Waals surface area contributed by atoms with Gasteiger partial charge in [-0.25, -0.2) is 18.4 Å². The van der Waals surface area contributed by atoms with Crippen LogP contribution in [0.15, 0.2) is 57.8 Å². The molecule has 10 heteroatoms. The minimum absolute atomic E-state index is 0.117. The van der Waals surface area contributed by atoms with Crippen LogP contribution in [0.25, 0.3) is 21.9 Å². The lowest BCUT2D eigenvalue weighted by atomic mass is 10.0. The first-order valence-corrected chi connectivity index (χ1v) is 10.4. The standard InChI is InChI=1S/C24H22F2N2O6/c1-11(27)19(17-15(25)5-3-13-7-9-31-21(13)17)33-23(29)24(30)34-20(12(2)28)18-16(26)6-4-14-8-10-32-22(14)18/h3-12,19-20H,27-28H2,1-2H3. The van der Waals surface area contributed by atoms with E-state index in [1.165, 1.54) is 50.6 Å². The zero-order chi connectivity index (χ0) is 24.6. The molecule has 0 saturated heterocycles. The molecule has 8 nitrogen and oxygen atoms in total.